The molecule has 2 N–H and O–H groups in total. The number of fused-ring (bicyclic) bond motifs is 1. The van der Waals surface area contributed by atoms with E-state index < -0.39 is 0 Å². The SMILES string of the molecule is CCOC(=O)CCNC(=O)c1ccc(N[C@@H](c2ccc(-c3nc4ccccc4o3)cc2)C(C)C)cc1. The molecule has 7 nitrogen and oxygen atoms in total. The Morgan fingerprint density at radius 1 is 0.972 bits per heavy atom. The number of hydrogen-bond acceptors (Lipinski definition) is 6. The number of nitrogens with zero attached hydrogens (tertiary/aromatic N) is 1. The van der Waals surface area contributed by atoms with Gasteiger partial charge in [-0.05, 0) is 66.9 Å². The molecule has 0 saturated heterocycles. The number of rotatable bonds is 10. The molecule has 0 saturated carbocycles. The van der Waals surface area contributed by atoms with Crippen LogP contribution in [0.15, 0.2) is 77.2 Å². The summed E-state index contributed by atoms with van der Waals surface area (Å²) in [5, 5.41) is 6.33. The van der Waals surface area contributed by atoms with E-state index in [0.717, 1.165) is 27.9 Å². The first-order valence-electron chi connectivity index (χ1n) is 12.2. The Morgan fingerprint density at radius 2 is 1.69 bits per heavy atom. The highest BCUT2D eigenvalue weighted by molar-refractivity contribution is 5.94. The van der Waals surface area contributed by atoms with Crippen LogP contribution in [0.25, 0.3) is 22.6 Å². The van der Waals surface area contributed by atoms with Gasteiger partial charge >= 0.3 is 5.97 Å². The third-order valence-corrected chi connectivity index (χ3v) is 5.87. The van der Waals surface area contributed by atoms with Crippen LogP contribution >= 0.6 is 0 Å². The second-order valence-electron chi connectivity index (χ2n) is 8.86. The fourth-order valence-corrected chi connectivity index (χ4v) is 3.97. The van der Waals surface area contributed by atoms with Crippen LogP contribution < -0.4 is 10.6 Å². The Morgan fingerprint density at radius 3 is 2.36 bits per heavy atom. The number of hydrogen-bond donors (Lipinski definition) is 2. The molecule has 0 aliphatic heterocycles. The zero-order chi connectivity index (χ0) is 25.5. The molecule has 186 valence electrons. The minimum Gasteiger partial charge on any atom is -0.466 e. The number of amides is 1. The summed E-state index contributed by atoms with van der Waals surface area (Å²) in [6, 6.07) is 23.4. The van der Waals surface area contributed by atoms with Gasteiger partial charge in [0.2, 0.25) is 5.89 Å². The molecule has 1 aromatic heterocycles. The number of esters is 1. The van der Waals surface area contributed by atoms with Crippen molar-refractivity contribution in [3.8, 4) is 11.5 Å². The predicted molar refractivity (Wildman–Crippen MR) is 141 cm³/mol. The van der Waals surface area contributed by atoms with E-state index in [1.54, 1.807) is 19.1 Å². The standard InChI is InChI=1S/C29H31N3O4/c1-4-35-26(33)17-18-30-28(34)21-13-15-23(16-14-21)31-27(19(2)3)20-9-11-22(12-10-20)29-32-24-7-5-6-8-25(24)36-29/h5-16,19,27,31H,4,17-18H2,1-3H3,(H,30,34)/t27-/m1/s1. The lowest BCUT2D eigenvalue weighted by Gasteiger charge is -2.24. The van der Waals surface area contributed by atoms with Crippen molar-refractivity contribution in [3.05, 3.63) is 83.9 Å². The summed E-state index contributed by atoms with van der Waals surface area (Å²) >= 11 is 0. The summed E-state index contributed by atoms with van der Waals surface area (Å²) in [4.78, 5) is 28.4. The first-order chi connectivity index (χ1) is 17.4. The fraction of sp³-hybridized carbons (Fsp3) is 0.276. The molecule has 3 aromatic carbocycles. The van der Waals surface area contributed by atoms with Gasteiger partial charge < -0.3 is 19.8 Å². The Kier molecular flexibility index (Phi) is 8.00. The number of anilines is 1. The average Bonchev–Trinajstić information content (AvgIpc) is 3.32. The number of para-hydroxylation sites is 2. The van der Waals surface area contributed by atoms with Crippen molar-refractivity contribution in [3.63, 3.8) is 0 Å². The summed E-state index contributed by atoms with van der Waals surface area (Å²) in [6.07, 6.45) is 0.153. The molecule has 1 heterocycles. The van der Waals surface area contributed by atoms with E-state index in [0.29, 0.717) is 24.0 Å². The maximum atomic E-state index is 12.4. The summed E-state index contributed by atoms with van der Waals surface area (Å²) in [5.41, 5.74) is 5.14. The Hall–Kier alpha value is -4.13. The first-order valence-corrected chi connectivity index (χ1v) is 12.2. The lowest BCUT2D eigenvalue weighted by Crippen LogP contribution is -2.26. The molecular formula is C29H31N3O4. The number of carbonyl (C=O) groups is 2. The highest BCUT2D eigenvalue weighted by atomic mass is 16.5. The van der Waals surface area contributed by atoms with Crippen LogP contribution in [0, 0.1) is 5.92 Å². The quantitative estimate of drug-likeness (QED) is 0.268. The summed E-state index contributed by atoms with van der Waals surface area (Å²) in [6.45, 7) is 6.66. The van der Waals surface area contributed by atoms with Crippen LogP contribution in [0.1, 0.15) is 49.2 Å². The van der Waals surface area contributed by atoms with E-state index >= 15 is 0 Å². The third-order valence-electron chi connectivity index (χ3n) is 5.87. The van der Waals surface area contributed by atoms with Crippen molar-refractivity contribution < 1.29 is 18.7 Å². The van der Waals surface area contributed by atoms with Crippen LogP contribution in [0.5, 0.6) is 0 Å². The van der Waals surface area contributed by atoms with E-state index in [9.17, 15) is 9.59 Å². The molecule has 36 heavy (non-hydrogen) atoms. The number of nitrogens with one attached hydrogen (secondary N) is 2. The van der Waals surface area contributed by atoms with E-state index in [4.69, 9.17) is 9.15 Å². The van der Waals surface area contributed by atoms with E-state index in [2.05, 4.69) is 41.6 Å². The van der Waals surface area contributed by atoms with Gasteiger partial charge in [0.1, 0.15) is 5.52 Å². The Bertz CT molecular complexity index is 1280. The molecule has 0 spiro atoms. The first kappa shape index (κ1) is 25.0. The lowest BCUT2D eigenvalue weighted by atomic mass is 9.94. The number of oxazole rings is 1. The molecule has 1 amide bonds. The van der Waals surface area contributed by atoms with E-state index in [-0.39, 0.29) is 30.9 Å². The van der Waals surface area contributed by atoms with Crippen molar-refractivity contribution >= 4 is 28.7 Å². The smallest absolute Gasteiger partial charge is 0.307 e. The molecule has 0 unspecified atom stereocenters. The topological polar surface area (TPSA) is 93.5 Å². The number of aromatic nitrogens is 1. The molecule has 7 heteroatoms. The van der Waals surface area contributed by atoms with Gasteiger partial charge in [-0.3, -0.25) is 9.59 Å². The van der Waals surface area contributed by atoms with Gasteiger partial charge in [0, 0.05) is 23.4 Å². The monoisotopic (exact) mass is 485 g/mol. The number of benzene rings is 3. The molecule has 0 aliphatic carbocycles. The second-order valence-corrected chi connectivity index (χ2v) is 8.86. The number of ether oxygens (including phenoxy) is 1. The maximum Gasteiger partial charge on any atom is 0.307 e. The van der Waals surface area contributed by atoms with Crippen LogP contribution in [-0.2, 0) is 9.53 Å². The largest absolute Gasteiger partial charge is 0.466 e. The van der Waals surface area contributed by atoms with Crippen molar-refractivity contribution in [2.75, 3.05) is 18.5 Å². The average molecular weight is 486 g/mol. The van der Waals surface area contributed by atoms with Crippen LogP contribution in [0.2, 0.25) is 0 Å². The lowest BCUT2D eigenvalue weighted by molar-refractivity contribution is -0.142. The van der Waals surface area contributed by atoms with Crippen LogP contribution in [0.3, 0.4) is 0 Å². The molecule has 0 fully saturated rings. The molecule has 4 aromatic rings. The molecule has 1 atom stereocenters. The van der Waals surface area contributed by atoms with Crippen molar-refractivity contribution in [2.24, 2.45) is 5.92 Å². The highest BCUT2D eigenvalue weighted by Gasteiger charge is 2.17. The zero-order valence-corrected chi connectivity index (χ0v) is 20.8. The van der Waals surface area contributed by atoms with E-state index in [1.807, 2.05) is 48.5 Å². The number of carbonyl (C=O) groups excluding carboxylic acids is 2. The summed E-state index contributed by atoms with van der Waals surface area (Å²) in [5.74, 6) is 0.388. The predicted octanol–water partition coefficient (Wildman–Crippen LogP) is 5.99. The fourth-order valence-electron chi connectivity index (χ4n) is 3.97. The van der Waals surface area contributed by atoms with Crippen molar-refractivity contribution in [2.45, 2.75) is 33.2 Å². The van der Waals surface area contributed by atoms with Gasteiger partial charge in [-0.25, -0.2) is 4.98 Å². The van der Waals surface area contributed by atoms with Crippen molar-refractivity contribution in [1.29, 1.82) is 0 Å². The summed E-state index contributed by atoms with van der Waals surface area (Å²) in [7, 11) is 0. The maximum absolute atomic E-state index is 12.4. The van der Waals surface area contributed by atoms with E-state index in [1.165, 1.54) is 0 Å². The van der Waals surface area contributed by atoms with Gasteiger partial charge in [-0.2, -0.15) is 0 Å². The molecule has 0 bridgehead atoms. The molecular weight excluding hydrogens is 454 g/mol. The Labute approximate surface area is 210 Å². The minimum atomic E-state index is -0.320. The normalized spacial score (nSPS) is 11.9. The zero-order valence-electron chi connectivity index (χ0n) is 20.8. The molecule has 0 radical (unpaired) electrons. The second kappa shape index (κ2) is 11.5. The van der Waals surface area contributed by atoms with Crippen LogP contribution in [0.4, 0.5) is 5.69 Å². The van der Waals surface area contributed by atoms with Gasteiger partial charge in [0.25, 0.3) is 5.91 Å². The van der Waals surface area contributed by atoms with Gasteiger partial charge in [-0.1, -0.05) is 38.1 Å². The molecule has 0 aliphatic rings. The van der Waals surface area contributed by atoms with Gasteiger partial charge in [0.15, 0.2) is 5.58 Å². The summed E-state index contributed by atoms with van der Waals surface area (Å²) < 4.78 is 10.8. The highest BCUT2D eigenvalue weighted by Crippen LogP contribution is 2.30. The Balaban J connectivity index is 1.40. The van der Waals surface area contributed by atoms with Crippen LogP contribution in [-0.4, -0.2) is 30.0 Å². The third kappa shape index (κ3) is 6.10. The van der Waals surface area contributed by atoms with Gasteiger partial charge in [-0.15, -0.1) is 0 Å². The minimum absolute atomic E-state index is 0.0759. The molecule has 4 rings (SSSR count). The van der Waals surface area contributed by atoms with Gasteiger partial charge in [0.05, 0.1) is 19.1 Å². The van der Waals surface area contributed by atoms with Crippen molar-refractivity contribution in [1.82, 2.24) is 10.3 Å².